The Kier molecular flexibility index (Phi) is 5.70. The minimum Gasteiger partial charge on any atom is -0.497 e. The lowest BCUT2D eigenvalue weighted by atomic mass is 10.2. The zero-order valence-electron chi connectivity index (χ0n) is 15.0. The van der Waals surface area contributed by atoms with Gasteiger partial charge in [-0.25, -0.2) is 9.18 Å². The molecule has 2 N–H and O–H groups in total. The van der Waals surface area contributed by atoms with Gasteiger partial charge >= 0.3 is 5.97 Å². The number of nitrogens with one attached hydrogen (secondary N) is 2. The van der Waals surface area contributed by atoms with Gasteiger partial charge in [-0.05, 0) is 30.3 Å². The van der Waals surface area contributed by atoms with Gasteiger partial charge in [-0.2, -0.15) is 0 Å². The van der Waals surface area contributed by atoms with Gasteiger partial charge in [0.25, 0.3) is 5.91 Å². The van der Waals surface area contributed by atoms with E-state index in [1.165, 1.54) is 20.3 Å². The van der Waals surface area contributed by atoms with Gasteiger partial charge in [-0.3, -0.25) is 4.79 Å². The molecule has 28 heavy (non-hydrogen) atoms. The average molecular weight is 407 g/mol. The summed E-state index contributed by atoms with van der Waals surface area (Å²) >= 11 is 5.84. The number of aromatic amines is 1. The Bertz CT molecular complexity index is 1050. The van der Waals surface area contributed by atoms with Gasteiger partial charge in [0.05, 0.1) is 30.4 Å². The fourth-order valence-corrected chi connectivity index (χ4v) is 2.77. The first kappa shape index (κ1) is 19.5. The molecule has 0 atom stereocenters. The lowest BCUT2D eigenvalue weighted by Gasteiger charge is -2.07. The molecule has 9 heteroatoms. The van der Waals surface area contributed by atoms with Gasteiger partial charge < -0.3 is 24.5 Å². The molecule has 2 aromatic carbocycles. The van der Waals surface area contributed by atoms with Crippen molar-refractivity contribution in [2.24, 2.45) is 0 Å². The third-order valence-electron chi connectivity index (χ3n) is 3.88. The molecule has 0 aliphatic carbocycles. The molecule has 3 aromatic rings. The molecule has 0 spiro atoms. The van der Waals surface area contributed by atoms with Crippen LogP contribution in [-0.2, 0) is 9.53 Å². The van der Waals surface area contributed by atoms with Crippen LogP contribution < -0.4 is 14.8 Å². The smallest absolute Gasteiger partial charge is 0.355 e. The van der Waals surface area contributed by atoms with E-state index >= 15 is 0 Å². The van der Waals surface area contributed by atoms with E-state index in [1.54, 1.807) is 18.2 Å². The summed E-state index contributed by atoms with van der Waals surface area (Å²) in [4.78, 5) is 27.1. The van der Waals surface area contributed by atoms with Crippen molar-refractivity contribution in [1.82, 2.24) is 4.98 Å². The van der Waals surface area contributed by atoms with Gasteiger partial charge in [0.1, 0.15) is 23.0 Å². The highest BCUT2D eigenvalue weighted by atomic mass is 35.5. The summed E-state index contributed by atoms with van der Waals surface area (Å²) in [5.41, 5.74) is 0.957. The third-order valence-corrected chi connectivity index (χ3v) is 4.19. The van der Waals surface area contributed by atoms with Crippen molar-refractivity contribution in [2.45, 2.75) is 0 Å². The van der Waals surface area contributed by atoms with E-state index in [0.717, 1.165) is 12.1 Å². The quantitative estimate of drug-likeness (QED) is 0.608. The molecule has 0 saturated carbocycles. The van der Waals surface area contributed by atoms with Crippen LogP contribution in [0.5, 0.6) is 11.5 Å². The number of aromatic nitrogens is 1. The van der Waals surface area contributed by atoms with Crippen molar-refractivity contribution >= 4 is 40.1 Å². The Morgan fingerprint density at radius 1 is 1.14 bits per heavy atom. The van der Waals surface area contributed by atoms with Crippen LogP contribution in [0.1, 0.15) is 10.5 Å². The number of ether oxygens (including phenoxy) is 3. The predicted octanol–water partition coefficient (Wildman–Crippen LogP) is 3.77. The number of methoxy groups -OCH3 is 2. The Hall–Kier alpha value is -3.26. The molecule has 7 nitrogen and oxygen atoms in total. The monoisotopic (exact) mass is 406 g/mol. The Labute approximate surface area is 164 Å². The van der Waals surface area contributed by atoms with Crippen LogP contribution in [0.25, 0.3) is 10.9 Å². The fraction of sp³-hybridized carbons (Fsp3) is 0.158. The summed E-state index contributed by atoms with van der Waals surface area (Å²) in [5.74, 6) is -0.800. The maximum Gasteiger partial charge on any atom is 0.355 e. The minimum absolute atomic E-state index is 0.0383. The summed E-state index contributed by atoms with van der Waals surface area (Å²) in [7, 11) is 3.02. The molecule has 3 rings (SSSR count). The summed E-state index contributed by atoms with van der Waals surface area (Å²) < 4.78 is 28.5. The van der Waals surface area contributed by atoms with Crippen molar-refractivity contribution in [3.8, 4) is 11.5 Å². The van der Waals surface area contributed by atoms with Gasteiger partial charge in [0.2, 0.25) is 0 Å². The van der Waals surface area contributed by atoms with Gasteiger partial charge in [-0.1, -0.05) is 11.6 Å². The third kappa shape index (κ3) is 4.17. The number of benzene rings is 2. The highest BCUT2D eigenvalue weighted by Gasteiger charge is 2.16. The topological polar surface area (TPSA) is 89.7 Å². The largest absolute Gasteiger partial charge is 0.497 e. The molecular weight excluding hydrogens is 391 g/mol. The molecule has 0 unspecified atom stereocenters. The van der Waals surface area contributed by atoms with E-state index in [2.05, 4.69) is 10.3 Å². The molecule has 0 aliphatic heterocycles. The molecule has 1 amide bonds. The van der Waals surface area contributed by atoms with E-state index in [0.29, 0.717) is 22.4 Å². The maximum atomic E-state index is 13.0. The second-order valence-electron chi connectivity index (χ2n) is 5.73. The lowest BCUT2D eigenvalue weighted by Crippen LogP contribution is -2.21. The standard InChI is InChI=1S/C19H16ClFN2O5/c1-26-12-5-10-6-15(23-18(10)16(8-12)27-2)19(25)28-9-17(24)22-14-4-3-11(21)7-13(14)20/h3-8,23H,9H2,1-2H3,(H,22,24). The molecule has 1 heterocycles. The fourth-order valence-electron chi connectivity index (χ4n) is 2.56. The Balaban J connectivity index is 1.68. The molecule has 0 saturated heterocycles. The van der Waals surface area contributed by atoms with Crippen LogP contribution in [0.3, 0.4) is 0 Å². The van der Waals surface area contributed by atoms with E-state index in [-0.39, 0.29) is 16.4 Å². The van der Waals surface area contributed by atoms with Gasteiger partial charge in [-0.15, -0.1) is 0 Å². The minimum atomic E-state index is -0.724. The predicted molar refractivity (Wildman–Crippen MR) is 102 cm³/mol. The van der Waals surface area contributed by atoms with Crippen LogP contribution in [0, 0.1) is 5.82 Å². The molecule has 1 aromatic heterocycles. The number of hydrogen-bond acceptors (Lipinski definition) is 5. The second kappa shape index (κ2) is 8.18. The van der Waals surface area contributed by atoms with Crippen molar-refractivity contribution in [2.75, 3.05) is 26.1 Å². The average Bonchev–Trinajstić information content (AvgIpc) is 3.11. The van der Waals surface area contributed by atoms with Crippen molar-refractivity contribution in [3.05, 3.63) is 52.9 Å². The first-order valence-electron chi connectivity index (χ1n) is 8.08. The van der Waals surface area contributed by atoms with Crippen LogP contribution in [0.2, 0.25) is 5.02 Å². The van der Waals surface area contributed by atoms with Crippen LogP contribution in [0.4, 0.5) is 10.1 Å². The number of halogens is 2. The van der Waals surface area contributed by atoms with Crippen LogP contribution >= 0.6 is 11.6 Å². The number of hydrogen-bond donors (Lipinski definition) is 2. The van der Waals surface area contributed by atoms with Gasteiger partial charge in [0.15, 0.2) is 6.61 Å². The summed E-state index contributed by atoms with van der Waals surface area (Å²) in [6.07, 6.45) is 0. The number of anilines is 1. The van der Waals surface area contributed by atoms with Gasteiger partial charge in [0, 0.05) is 11.5 Å². The zero-order chi connectivity index (χ0) is 20.3. The van der Waals surface area contributed by atoms with Crippen molar-refractivity contribution in [1.29, 1.82) is 0 Å². The normalized spacial score (nSPS) is 10.6. The second-order valence-corrected chi connectivity index (χ2v) is 6.13. The molecule has 0 fully saturated rings. The molecule has 146 valence electrons. The lowest BCUT2D eigenvalue weighted by molar-refractivity contribution is -0.119. The van der Waals surface area contributed by atoms with E-state index in [9.17, 15) is 14.0 Å². The highest BCUT2D eigenvalue weighted by molar-refractivity contribution is 6.33. The number of H-pyrrole nitrogens is 1. The number of amides is 1. The summed E-state index contributed by atoms with van der Waals surface area (Å²) in [5, 5.41) is 3.17. The highest BCUT2D eigenvalue weighted by Crippen LogP contribution is 2.31. The SMILES string of the molecule is COc1cc(OC)c2[nH]c(C(=O)OCC(=O)Nc3ccc(F)cc3Cl)cc2c1. The number of esters is 1. The van der Waals surface area contributed by atoms with Crippen LogP contribution in [-0.4, -0.2) is 37.7 Å². The van der Waals surface area contributed by atoms with E-state index in [1.807, 2.05) is 0 Å². The molecule has 0 aliphatic rings. The number of fused-ring (bicyclic) bond motifs is 1. The number of carbonyl (C=O) groups excluding carboxylic acids is 2. The van der Waals surface area contributed by atoms with Crippen molar-refractivity contribution in [3.63, 3.8) is 0 Å². The van der Waals surface area contributed by atoms with Crippen molar-refractivity contribution < 1.29 is 28.2 Å². The zero-order valence-corrected chi connectivity index (χ0v) is 15.7. The van der Waals surface area contributed by atoms with E-state index < -0.39 is 24.3 Å². The summed E-state index contributed by atoms with van der Waals surface area (Å²) in [6, 6.07) is 8.50. The van der Waals surface area contributed by atoms with Crippen LogP contribution in [0.15, 0.2) is 36.4 Å². The number of carbonyl (C=O) groups is 2. The maximum absolute atomic E-state index is 13.0. The Morgan fingerprint density at radius 3 is 2.61 bits per heavy atom. The first-order chi connectivity index (χ1) is 13.4. The van der Waals surface area contributed by atoms with E-state index in [4.69, 9.17) is 25.8 Å². The summed E-state index contributed by atoms with van der Waals surface area (Å²) in [6.45, 7) is -0.539. The Morgan fingerprint density at radius 2 is 1.93 bits per heavy atom. The molecule has 0 radical (unpaired) electrons. The number of rotatable bonds is 6. The molecule has 0 bridgehead atoms. The first-order valence-corrected chi connectivity index (χ1v) is 8.46. The molecular formula is C19H16ClFN2O5.